The number of aryl methyl sites for hydroxylation is 1. The fraction of sp³-hybridized carbons (Fsp3) is 0.438. The Morgan fingerprint density at radius 1 is 1.16 bits per heavy atom. The monoisotopic (exact) mass is 354 g/mol. The van der Waals surface area contributed by atoms with Gasteiger partial charge >= 0.3 is 6.18 Å². The molecule has 2 aromatic rings. The molecule has 0 spiro atoms. The number of benzene rings is 1. The first-order valence-electron chi connectivity index (χ1n) is 7.81. The van der Waals surface area contributed by atoms with Crippen LogP contribution in [-0.2, 0) is 10.9 Å². The molecule has 9 heteroatoms. The molecule has 0 unspecified atom stereocenters. The second-order valence-corrected chi connectivity index (χ2v) is 5.73. The molecule has 0 radical (unpaired) electrons. The van der Waals surface area contributed by atoms with Crippen LogP contribution in [0.15, 0.2) is 18.2 Å². The molecule has 0 atom stereocenters. The average Bonchev–Trinajstić information content (AvgIpc) is 2.83. The Morgan fingerprint density at radius 2 is 1.96 bits per heavy atom. The van der Waals surface area contributed by atoms with Crippen LogP contribution in [0.25, 0.3) is 11.3 Å². The summed E-state index contributed by atoms with van der Waals surface area (Å²) < 4.78 is 43.5. The second kappa shape index (κ2) is 6.83. The van der Waals surface area contributed by atoms with Crippen LogP contribution in [0.5, 0.6) is 5.75 Å². The zero-order valence-corrected chi connectivity index (χ0v) is 13.5. The standard InChI is InChI=1S/C16H17F3N4O2/c1-10-14(12-4-3-11(9-13(12)24)16(17,18)19)21-22-15(20-10)23-5-2-7-25-8-6-23/h3-4,9,24H,2,5-8H2,1H3. The smallest absolute Gasteiger partial charge is 0.416 e. The molecule has 0 saturated carbocycles. The molecule has 1 aromatic carbocycles. The molecule has 1 aliphatic heterocycles. The number of anilines is 1. The Hall–Kier alpha value is -2.42. The van der Waals surface area contributed by atoms with Crippen molar-refractivity contribution in [3.63, 3.8) is 0 Å². The fourth-order valence-electron chi connectivity index (χ4n) is 2.63. The minimum absolute atomic E-state index is 0.163. The third kappa shape index (κ3) is 3.81. The third-order valence-electron chi connectivity index (χ3n) is 3.94. The minimum atomic E-state index is -4.52. The highest BCUT2D eigenvalue weighted by Crippen LogP contribution is 2.36. The molecule has 1 saturated heterocycles. The summed E-state index contributed by atoms with van der Waals surface area (Å²) >= 11 is 0. The van der Waals surface area contributed by atoms with Crippen molar-refractivity contribution in [2.24, 2.45) is 0 Å². The maximum absolute atomic E-state index is 12.7. The number of aromatic hydroxyl groups is 1. The van der Waals surface area contributed by atoms with Crippen molar-refractivity contribution in [3.05, 3.63) is 29.5 Å². The van der Waals surface area contributed by atoms with E-state index in [1.165, 1.54) is 6.07 Å². The lowest BCUT2D eigenvalue weighted by Crippen LogP contribution is -2.28. The summed E-state index contributed by atoms with van der Waals surface area (Å²) in [5.74, 6) is -0.0666. The number of ether oxygens (including phenoxy) is 1. The Bertz CT molecular complexity index is 760. The summed E-state index contributed by atoms with van der Waals surface area (Å²) in [7, 11) is 0. The third-order valence-corrected chi connectivity index (χ3v) is 3.94. The Labute approximate surface area is 142 Å². The number of hydrogen-bond donors (Lipinski definition) is 1. The van der Waals surface area contributed by atoms with Gasteiger partial charge in [0.25, 0.3) is 0 Å². The molecule has 0 bridgehead atoms. The van der Waals surface area contributed by atoms with Gasteiger partial charge in [0.2, 0.25) is 5.95 Å². The number of phenols is 1. The van der Waals surface area contributed by atoms with Crippen LogP contribution < -0.4 is 4.90 Å². The summed E-state index contributed by atoms with van der Waals surface area (Å²) in [6.45, 7) is 4.32. The number of nitrogens with zero attached hydrogens (tertiary/aromatic N) is 4. The zero-order chi connectivity index (χ0) is 18.0. The van der Waals surface area contributed by atoms with Gasteiger partial charge < -0.3 is 14.7 Å². The highest BCUT2D eigenvalue weighted by molar-refractivity contribution is 5.69. The molecule has 1 aliphatic rings. The van der Waals surface area contributed by atoms with Crippen LogP contribution in [-0.4, -0.2) is 46.6 Å². The molecule has 134 valence electrons. The van der Waals surface area contributed by atoms with E-state index in [9.17, 15) is 18.3 Å². The number of alkyl halides is 3. The Balaban J connectivity index is 1.91. The maximum Gasteiger partial charge on any atom is 0.416 e. The molecule has 0 aliphatic carbocycles. The second-order valence-electron chi connectivity index (χ2n) is 5.73. The van der Waals surface area contributed by atoms with Crippen molar-refractivity contribution in [2.45, 2.75) is 19.5 Å². The van der Waals surface area contributed by atoms with E-state index in [0.29, 0.717) is 37.5 Å². The minimum Gasteiger partial charge on any atom is -0.507 e. The van der Waals surface area contributed by atoms with E-state index in [-0.39, 0.29) is 11.3 Å². The fourth-order valence-corrected chi connectivity index (χ4v) is 2.63. The van der Waals surface area contributed by atoms with Crippen LogP contribution in [0.3, 0.4) is 0 Å². The van der Waals surface area contributed by atoms with Crippen LogP contribution in [0.1, 0.15) is 17.7 Å². The Morgan fingerprint density at radius 3 is 2.64 bits per heavy atom. The van der Waals surface area contributed by atoms with E-state index in [0.717, 1.165) is 19.0 Å². The molecule has 1 aromatic heterocycles. The van der Waals surface area contributed by atoms with Crippen LogP contribution >= 0.6 is 0 Å². The van der Waals surface area contributed by atoms with Gasteiger partial charge in [-0.05, 0) is 31.5 Å². The molecule has 1 fully saturated rings. The molecular weight excluding hydrogens is 337 g/mol. The predicted octanol–water partition coefficient (Wildman–Crippen LogP) is 2.80. The van der Waals surface area contributed by atoms with Gasteiger partial charge in [-0.15, -0.1) is 10.2 Å². The predicted molar refractivity (Wildman–Crippen MR) is 84.3 cm³/mol. The van der Waals surface area contributed by atoms with Gasteiger partial charge in [0.05, 0.1) is 17.9 Å². The number of halogens is 3. The molecule has 0 amide bonds. The SMILES string of the molecule is Cc1nc(N2CCCOCC2)nnc1-c1ccc(C(F)(F)F)cc1O. The summed E-state index contributed by atoms with van der Waals surface area (Å²) in [4.78, 5) is 6.34. The molecular formula is C16H17F3N4O2. The normalized spacial score (nSPS) is 15.9. The summed E-state index contributed by atoms with van der Waals surface area (Å²) in [6.07, 6.45) is -3.67. The van der Waals surface area contributed by atoms with E-state index in [2.05, 4.69) is 15.2 Å². The quantitative estimate of drug-likeness (QED) is 0.894. The van der Waals surface area contributed by atoms with Gasteiger partial charge in [-0.25, -0.2) is 4.98 Å². The topological polar surface area (TPSA) is 71.4 Å². The number of phenolic OH excluding ortho intramolecular Hbond substituents is 1. The van der Waals surface area contributed by atoms with Gasteiger partial charge in [0.1, 0.15) is 11.4 Å². The number of hydrogen-bond acceptors (Lipinski definition) is 6. The van der Waals surface area contributed by atoms with Crippen LogP contribution in [0, 0.1) is 6.92 Å². The Kier molecular flexibility index (Phi) is 4.76. The molecule has 1 N–H and O–H groups in total. The van der Waals surface area contributed by atoms with Gasteiger partial charge in [-0.3, -0.25) is 0 Å². The lowest BCUT2D eigenvalue weighted by Gasteiger charge is -2.19. The van der Waals surface area contributed by atoms with Crippen molar-refractivity contribution >= 4 is 5.95 Å². The van der Waals surface area contributed by atoms with Crippen molar-refractivity contribution in [1.82, 2.24) is 15.2 Å². The maximum atomic E-state index is 12.7. The zero-order valence-electron chi connectivity index (χ0n) is 13.5. The first kappa shape index (κ1) is 17.4. The molecule has 6 nitrogen and oxygen atoms in total. The van der Waals surface area contributed by atoms with E-state index in [1.54, 1.807) is 6.92 Å². The number of rotatable bonds is 2. The van der Waals surface area contributed by atoms with Crippen molar-refractivity contribution in [1.29, 1.82) is 0 Å². The summed E-state index contributed by atoms with van der Waals surface area (Å²) in [6, 6.07) is 2.75. The van der Waals surface area contributed by atoms with Crippen molar-refractivity contribution in [3.8, 4) is 17.0 Å². The lowest BCUT2D eigenvalue weighted by molar-refractivity contribution is -0.137. The highest BCUT2D eigenvalue weighted by Gasteiger charge is 2.31. The van der Waals surface area contributed by atoms with Crippen LogP contribution in [0.4, 0.5) is 19.1 Å². The van der Waals surface area contributed by atoms with E-state index in [4.69, 9.17) is 4.74 Å². The van der Waals surface area contributed by atoms with Crippen LogP contribution in [0.2, 0.25) is 0 Å². The van der Waals surface area contributed by atoms with Crippen molar-refractivity contribution in [2.75, 3.05) is 31.2 Å². The average molecular weight is 354 g/mol. The molecule has 2 heterocycles. The van der Waals surface area contributed by atoms with E-state index in [1.807, 2.05) is 4.90 Å². The van der Waals surface area contributed by atoms with Gasteiger partial charge in [-0.2, -0.15) is 13.2 Å². The van der Waals surface area contributed by atoms with Gasteiger partial charge in [-0.1, -0.05) is 0 Å². The lowest BCUT2D eigenvalue weighted by atomic mass is 10.1. The van der Waals surface area contributed by atoms with Gasteiger partial charge in [0.15, 0.2) is 0 Å². The van der Waals surface area contributed by atoms with E-state index >= 15 is 0 Å². The number of aromatic nitrogens is 3. The first-order chi connectivity index (χ1) is 11.9. The van der Waals surface area contributed by atoms with Crippen molar-refractivity contribution < 1.29 is 23.0 Å². The molecule has 25 heavy (non-hydrogen) atoms. The highest BCUT2D eigenvalue weighted by atomic mass is 19.4. The molecule has 3 rings (SSSR count). The summed E-state index contributed by atoms with van der Waals surface area (Å²) in [5.41, 5.74) is -0.0315. The first-order valence-corrected chi connectivity index (χ1v) is 7.81. The van der Waals surface area contributed by atoms with E-state index < -0.39 is 17.5 Å². The largest absolute Gasteiger partial charge is 0.507 e. The summed E-state index contributed by atoms with van der Waals surface area (Å²) in [5, 5.41) is 18.1. The van der Waals surface area contributed by atoms with Gasteiger partial charge in [0, 0.05) is 25.3 Å².